The number of rotatable bonds is 4. The van der Waals surface area contributed by atoms with Gasteiger partial charge in [-0.25, -0.2) is 4.98 Å². The summed E-state index contributed by atoms with van der Waals surface area (Å²) in [5.74, 6) is -0.338. The molecule has 3 rings (SSSR count). The van der Waals surface area contributed by atoms with E-state index in [9.17, 15) is 9.59 Å². The molecule has 1 heterocycles. The molecular formula is C20H29N3O2. The largest absolute Gasteiger partial charge is 0.348 e. The van der Waals surface area contributed by atoms with Crippen LogP contribution in [0.2, 0.25) is 0 Å². The zero-order valence-corrected chi connectivity index (χ0v) is 14.9. The van der Waals surface area contributed by atoms with Crippen LogP contribution >= 0.6 is 0 Å². The van der Waals surface area contributed by atoms with Crippen LogP contribution in [0.1, 0.15) is 91.6 Å². The summed E-state index contributed by atoms with van der Waals surface area (Å²) in [7, 11) is 0. The molecule has 0 bridgehead atoms. The molecule has 1 aromatic rings. The fourth-order valence-corrected chi connectivity index (χ4v) is 3.88. The SMILES string of the molecule is O=C(NC1CCCCCC1)c1cccc(C(=O)NC2CCCCC2)n1. The van der Waals surface area contributed by atoms with Crippen molar-refractivity contribution < 1.29 is 9.59 Å². The maximum atomic E-state index is 12.5. The predicted octanol–water partition coefficient (Wildman–Crippen LogP) is 3.60. The number of carbonyl (C=O) groups excluding carboxylic acids is 2. The molecular weight excluding hydrogens is 314 g/mol. The molecule has 2 fully saturated rings. The van der Waals surface area contributed by atoms with Gasteiger partial charge in [0.25, 0.3) is 11.8 Å². The van der Waals surface area contributed by atoms with Crippen molar-refractivity contribution in [2.75, 3.05) is 0 Å². The van der Waals surface area contributed by atoms with Gasteiger partial charge < -0.3 is 10.6 Å². The van der Waals surface area contributed by atoms with Crippen molar-refractivity contribution >= 4 is 11.8 Å². The Hall–Kier alpha value is -1.91. The normalized spacial score (nSPS) is 19.8. The molecule has 5 nitrogen and oxygen atoms in total. The third-order valence-electron chi connectivity index (χ3n) is 5.35. The average molecular weight is 343 g/mol. The zero-order chi connectivity index (χ0) is 17.5. The number of aromatic nitrogens is 1. The Kier molecular flexibility index (Phi) is 6.42. The van der Waals surface area contributed by atoms with Crippen molar-refractivity contribution in [2.24, 2.45) is 0 Å². The van der Waals surface area contributed by atoms with Gasteiger partial charge in [0, 0.05) is 12.1 Å². The summed E-state index contributed by atoms with van der Waals surface area (Å²) >= 11 is 0. The molecule has 0 aromatic carbocycles. The third kappa shape index (κ3) is 5.28. The van der Waals surface area contributed by atoms with Crippen LogP contribution in [-0.2, 0) is 0 Å². The highest BCUT2D eigenvalue weighted by atomic mass is 16.2. The zero-order valence-electron chi connectivity index (χ0n) is 14.9. The van der Waals surface area contributed by atoms with Gasteiger partial charge in [-0.3, -0.25) is 9.59 Å². The van der Waals surface area contributed by atoms with E-state index in [1.807, 2.05) is 0 Å². The van der Waals surface area contributed by atoms with E-state index in [1.54, 1.807) is 18.2 Å². The van der Waals surface area contributed by atoms with Gasteiger partial charge in [0.1, 0.15) is 11.4 Å². The van der Waals surface area contributed by atoms with Gasteiger partial charge in [-0.1, -0.05) is 51.0 Å². The standard InChI is InChI=1S/C20H29N3O2/c24-19(21-15-9-4-1-2-5-10-15)17-13-8-14-18(23-17)20(25)22-16-11-6-3-7-12-16/h8,13-16H,1-7,9-12H2,(H,21,24)(H,22,25). The smallest absolute Gasteiger partial charge is 0.270 e. The van der Waals surface area contributed by atoms with Gasteiger partial charge in [-0.2, -0.15) is 0 Å². The van der Waals surface area contributed by atoms with Crippen molar-refractivity contribution in [1.29, 1.82) is 0 Å². The van der Waals surface area contributed by atoms with Crippen LogP contribution < -0.4 is 10.6 Å². The van der Waals surface area contributed by atoms with Crippen LogP contribution in [-0.4, -0.2) is 28.9 Å². The minimum atomic E-state index is -0.170. The maximum absolute atomic E-state index is 12.5. The van der Waals surface area contributed by atoms with Crippen LogP contribution in [0.3, 0.4) is 0 Å². The quantitative estimate of drug-likeness (QED) is 0.821. The first-order chi connectivity index (χ1) is 12.2. The van der Waals surface area contributed by atoms with E-state index < -0.39 is 0 Å². The summed E-state index contributed by atoms with van der Waals surface area (Å²) in [6.45, 7) is 0. The highest BCUT2D eigenvalue weighted by Gasteiger charge is 2.20. The van der Waals surface area contributed by atoms with Crippen molar-refractivity contribution in [3.63, 3.8) is 0 Å². The van der Waals surface area contributed by atoms with E-state index in [0.29, 0.717) is 11.4 Å². The number of pyridine rings is 1. The van der Waals surface area contributed by atoms with Crippen LogP contribution in [0.15, 0.2) is 18.2 Å². The molecule has 0 aliphatic heterocycles. The Balaban J connectivity index is 1.59. The topological polar surface area (TPSA) is 71.1 Å². The Labute approximate surface area is 150 Å². The summed E-state index contributed by atoms with van der Waals surface area (Å²) in [5.41, 5.74) is 0.666. The summed E-state index contributed by atoms with van der Waals surface area (Å²) in [6.07, 6.45) is 12.6. The first-order valence-corrected chi connectivity index (χ1v) is 9.81. The highest BCUT2D eigenvalue weighted by Crippen LogP contribution is 2.18. The number of amides is 2. The van der Waals surface area contributed by atoms with Gasteiger partial charge in [-0.05, 0) is 37.8 Å². The van der Waals surface area contributed by atoms with Crippen molar-refractivity contribution in [3.8, 4) is 0 Å². The lowest BCUT2D eigenvalue weighted by atomic mass is 9.95. The van der Waals surface area contributed by atoms with Crippen LogP contribution in [0, 0.1) is 0 Å². The van der Waals surface area contributed by atoms with Crippen molar-refractivity contribution in [2.45, 2.75) is 82.7 Å². The molecule has 0 radical (unpaired) electrons. The monoisotopic (exact) mass is 343 g/mol. The number of nitrogens with one attached hydrogen (secondary N) is 2. The number of nitrogens with zero attached hydrogens (tertiary/aromatic N) is 1. The average Bonchev–Trinajstić information content (AvgIpc) is 2.91. The van der Waals surface area contributed by atoms with E-state index in [0.717, 1.165) is 25.7 Å². The molecule has 1 aromatic heterocycles. The molecule has 0 spiro atoms. The lowest BCUT2D eigenvalue weighted by molar-refractivity contribution is 0.0920. The minimum absolute atomic E-state index is 0.167. The van der Waals surface area contributed by atoms with Gasteiger partial charge in [-0.15, -0.1) is 0 Å². The maximum Gasteiger partial charge on any atom is 0.270 e. The molecule has 0 saturated heterocycles. The van der Waals surface area contributed by atoms with E-state index >= 15 is 0 Å². The molecule has 2 aliphatic rings. The second-order valence-corrected chi connectivity index (χ2v) is 7.38. The lowest BCUT2D eigenvalue weighted by Gasteiger charge is -2.22. The number of hydrogen-bond donors (Lipinski definition) is 2. The predicted molar refractivity (Wildman–Crippen MR) is 97.5 cm³/mol. The molecule has 136 valence electrons. The van der Waals surface area contributed by atoms with Crippen molar-refractivity contribution in [1.82, 2.24) is 15.6 Å². The van der Waals surface area contributed by atoms with Crippen LogP contribution in [0.25, 0.3) is 0 Å². The Morgan fingerprint density at radius 1 is 0.720 bits per heavy atom. The second-order valence-electron chi connectivity index (χ2n) is 7.38. The first-order valence-electron chi connectivity index (χ1n) is 9.81. The molecule has 25 heavy (non-hydrogen) atoms. The van der Waals surface area contributed by atoms with Crippen LogP contribution in [0.4, 0.5) is 0 Å². The van der Waals surface area contributed by atoms with Crippen LogP contribution in [0.5, 0.6) is 0 Å². The highest BCUT2D eigenvalue weighted by molar-refractivity contribution is 5.96. The molecule has 0 unspecified atom stereocenters. The first kappa shape index (κ1) is 17.9. The molecule has 0 atom stereocenters. The molecule has 5 heteroatoms. The van der Waals surface area contributed by atoms with Crippen molar-refractivity contribution in [3.05, 3.63) is 29.6 Å². The van der Waals surface area contributed by atoms with Gasteiger partial charge in [0.05, 0.1) is 0 Å². The number of carbonyl (C=O) groups is 2. The Morgan fingerprint density at radius 3 is 1.56 bits per heavy atom. The van der Waals surface area contributed by atoms with Gasteiger partial charge in [0.2, 0.25) is 0 Å². The minimum Gasteiger partial charge on any atom is -0.348 e. The molecule has 2 aliphatic carbocycles. The summed E-state index contributed by atoms with van der Waals surface area (Å²) in [5, 5.41) is 6.15. The summed E-state index contributed by atoms with van der Waals surface area (Å²) in [6, 6.07) is 5.58. The lowest BCUT2D eigenvalue weighted by Crippen LogP contribution is -2.37. The molecule has 2 saturated carbocycles. The summed E-state index contributed by atoms with van der Waals surface area (Å²) in [4.78, 5) is 29.2. The Bertz CT molecular complexity index is 588. The van der Waals surface area contributed by atoms with E-state index in [1.165, 1.54) is 44.9 Å². The second kappa shape index (κ2) is 8.97. The third-order valence-corrected chi connectivity index (χ3v) is 5.35. The summed E-state index contributed by atoms with van der Waals surface area (Å²) < 4.78 is 0. The van der Waals surface area contributed by atoms with E-state index in [2.05, 4.69) is 15.6 Å². The van der Waals surface area contributed by atoms with E-state index in [-0.39, 0.29) is 23.9 Å². The van der Waals surface area contributed by atoms with E-state index in [4.69, 9.17) is 0 Å². The molecule has 2 N–H and O–H groups in total. The van der Waals surface area contributed by atoms with Gasteiger partial charge >= 0.3 is 0 Å². The molecule has 2 amide bonds. The Morgan fingerprint density at radius 2 is 1.12 bits per heavy atom. The number of hydrogen-bond acceptors (Lipinski definition) is 3. The fraction of sp³-hybridized carbons (Fsp3) is 0.650. The van der Waals surface area contributed by atoms with Gasteiger partial charge in [0.15, 0.2) is 0 Å². The fourth-order valence-electron chi connectivity index (χ4n) is 3.88.